The second-order valence-corrected chi connectivity index (χ2v) is 4.28. The van der Waals surface area contributed by atoms with Crippen LogP contribution in [0.3, 0.4) is 0 Å². The average molecular weight is 209 g/mol. The minimum Gasteiger partial charge on any atom is -0.389 e. The molecule has 1 aromatic rings. The van der Waals surface area contributed by atoms with Gasteiger partial charge in [-0.2, -0.15) is 0 Å². The van der Waals surface area contributed by atoms with Crippen LogP contribution in [-0.2, 0) is 6.54 Å². The smallest absolute Gasteiger partial charge is 0.142 e. The Morgan fingerprint density at radius 1 is 1.33 bits per heavy atom. The van der Waals surface area contributed by atoms with Gasteiger partial charge in [0, 0.05) is 18.9 Å². The predicted molar refractivity (Wildman–Crippen MR) is 59.3 cm³/mol. The molecule has 1 aromatic heterocycles. The van der Waals surface area contributed by atoms with E-state index < -0.39 is 5.60 Å². The monoisotopic (exact) mass is 209 g/mol. The van der Waals surface area contributed by atoms with Gasteiger partial charge in [0.25, 0.3) is 0 Å². The zero-order valence-corrected chi connectivity index (χ0v) is 9.64. The molecule has 0 aliphatic heterocycles. The van der Waals surface area contributed by atoms with E-state index in [0.717, 1.165) is 12.4 Å². The van der Waals surface area contributed by atoms with Crippen molar-refractivity contribution in [2.75, 3.05) is 13.1 Å². The van der Waals surface area contributed by atoms with E-state index in [1.807, 2.05) is 13.8 Å². The second kappa shape index (κ2) is 5.19. The molecule has 0 unspecified atom stereocenters. The first kappa shape index (κ1) is 12.1. The fourth-order valence-electron chi connectivity index (χ4n) is 1.44. The molecule has 0 amide bonds. The van der Waals surface area contributed by atoms with E-state index in [2.05, 4.69) is 21.8 Å². The summed E-state index contributed by atoms with van der Waals surface area (Å²) >= 11 is 0. The van der Waals surface area contributed by atoms with Crippen LogP contribution in [0, 0.1) is 0 Å². The van der Waals surface area contributed by atoms with Crippen molar-refractivity contribution in [3.05, 3.63) is 24.3 Å². The maximum absolute atomic E-state index is 9.71. The lowest BCUT2D eigenvalue weighted by atomic mass is 10.1. The lowest BCUT2D eigenvalue weighted by Crippen LogP contribution is -2.38. The quantitative estimate of drug-likeness (QED) is 0.788. The molecule has 4 heteroatoms. The van der Waals surface area contributed by atoms with Crippen LogP contribution in [0.25, 0.3) is 0 Å². The van der Waals surface area contributed by atoms with Crippen LogP contribution < -0.4 is 0 Å². The molecule has 0 saturated heterocycles. The Balaban J connectivity index is 2.55. The van der Waals surface area contributed by atoms with Crippen molar-refractivity contribution in [1.29, 1.82) is 0 Å². The molecule has 0 aliphatic carbocycles. The molecule has 4 nitrogen and oxygen atoms in total. The van der Waals surface area contributed by atoms with E-state index in [0.29, 0.717) is 13.1 Å². The summed E-state index contributed by atoms with van der Waals surface area (Å²) < 4.78 is 0. The number of rotatable bonds is 5. The maximum atomic E-state index is 9.71. The first-order valence-corrected chi connectivity index (χ1v) is 5.22. The minimum absolute atomic E-state index is 0.627. The van der Waals surface area contributed by atoms with Crippen molar-refractivity contribution in [2.45, 2.75) is 32.9 Å². The number of aliphatic hydroxyl groups is 1. The third-order valence-corrected chi connectivity index (χ3v) is 2.04. The van der Waals surface area contributed by atoms with Crippen LogP contribution in [0.5, 0.6) is 0 Å². The Morgan fingerprint density at radius 2 is 1.93 bits per heavy atom. The highest BCUT2D eigenvalue weighted by atomic mass is 16.3. The molecule has 0 fully saturated rings. The Kier molecular flexibility index (Phi) is 4.17. The van der Waals surface area contributed by atoms with Gasteiger partial charge < -0.3 is 5.11 Å². The Bertz CT molecular complexity index is 282. The van der Waals surface area contributed by atoms with Gasteiger partial charge in [0.2, 0.25) is 0 Å². The number of hydrogen-bond acceptors (Lipinski definition) is 4. The lowest BCUT2D eigenvalue weighted by molar-refractivity contribution is 0.0345. The third kappa shape index (κ3) is 4.85. The van der Waals surface area contributed by atoms with Gasteiger partial charge in [-0.3, -0.25) is 4.90 Å². The molecule has 0 radical (unpaired) electrons. The number of likely N-dealkylation sites (N-methyl/N-ethyl adjacent to an activating group) is 1. The van der Waals surface area contributed by atoms with E-state index in [1.54, 1.807) is 18.5 Å². The van der Waals surface area contributed by atoms with E-state index in [9.17, 15) is 5.11 Å². The average Bonchev–Trinajstić information content (AvgIpc) is 2.16. The van der Waals surface area contributed by atoms with Crippen LogP contribution in [0.1, 0.15) is 26.6 Å². The summed E-state index contributed by atoms with van der Waals surface area (Å²) in [4.78, 5) is 10.4. The fraction of sp³-hybridized carbons (Fsp3) is 0.636. The highest BCUT2D eigenvalue weighted by Crippen LogP contribution is 2.06. The van der Waals surface area contributed by atoms with Crippen molar-refractivity contribution in [3.63, 3.8) is 0 Å². The molecule has 84 valence electrons. The van der Waals surface area contributed by atoms with Crippen LogP contribution in [0.15, 0.2) is 18.5 Å². The molecular formula is C11H19N3O. The summed E-state index contributed by atoms with van der Waals surface area (Å²) in [5, 5.41) is 9.71. The van der Waals surface area contributed by atoms with Crippen molar-refractivity contribution < 1.29 is 5.11 Å². The Morgan fingerprint density at radius 3 is 2.40 bits per heavy atom. The molecule has 0 aliphatic rings. The topological polar surface area (TPSA) is 49.2 Å². The maximum Gasteiger partial charge on any atom is 0.142 e. The predicted octanol–water partition coefficient (Wildman–Crippen LogP) is 1.07. The fourth-order valence-corrected chi connectivity index (χ4v) is 1.44. The highest BCUT2D eigenvalue weighted by Gasteiger charge is 2.17. The van der Waals surface area contributed by atoms with Crippen LogP contribution >= 0.6 is 0 Å². The number of aromatic nitrogens is 2. The van der Waals surface area contributed by atoms with E-state index >= 15 is 0 Å². The molecule has 1 rings (SSSR count). The minimum atomic E-state index is -0.676. The van der Waals surface area contributed by atoms with Gasteiger partial charge in [0.15, 0.2) is 0 Å². The number of nitrogens with zero attached hydrogens (tertiary/aromatic N) is 3. The van der Waals surface area contributed by atoms with E-state index in [4.69, 9.17) is 0 Å². The normalized spacial score (nSPS) is 12.1. The van der Waals surface area contributed by atoms with Crippen LogP contribution in [0.4, 0.5) is 0 Å². The third-order valence-electron chi connectivity index (χ3n) is 2.04. The van der Waals surface area contributed by atoms with Gasteiger partial charge in [0.05, 0.1) is 12.1 Å². The Hall–Kier alpha value is -1.00. The lowest BCUT2D eigenvalue weighted by Gasteiger charge is -2.27. The van der Waals surface area contributed by atoms with Gasteiger partial charge in [-0.15, -0.1) is 0 Å². The summed E-state index contributed by atoms with van der Waals surface area (Å²) in [7, 11) is 0. The van der Waals surface area contributed by atoms with E-state index in [-0.39, 0.29) is 0 Å². The molecule has 0 saturated carbocycles. The largest absolute Gasteiger partial charge is 0.389 e. The summed E-state index contributed by atoms with van der Waals surface area (Å²) in [5.41, 5.74) is -0.676. The summed E-state index contributed by atoms with van der Waals surface area (Å²) in [6.07, 6.45) is 3.47. The van der Waals surface area contributed by atoms with Crippen molar-refractivity contribution in [3.8, 4) is 0 Å². The van der Waals surface area contributed by atoms with Gasteiger partial charge >= 0.3 is 0 Å². The molecule has 1 heterocycles. The van der Waals surface area contributed by atoms with Gasteiger partial charge in [-0.25, -0.2) is 9.97 Å². The number of hydrogen-bond donors (Lipinski definition) is 1. The molecule has 0 spiro atoms. The molecular weight excluding hydrogens is 190 g/mol. The first-order chi connectivity index (χ1) is 7.01. The molecule has 1 N–H and O–H groups in total. The first-order valence-electron chi connectivity index (χ1n) is 5.22. The summed E-state index contributed by atoms with van der Waals surface area (Å²) in [6, 6.07) is 1.80. The van der Waals surface area contributed by atoms with Gasteiger partial charge in [-0.05, 0) is 26.5 Å². The zero-order chi connectivity index (χ0) is 11.3. The molecule has 15 heavy (non-hydrogen) atoms. The zero-order valence-electron chi connectivity index (χ0n) is 9.64. The van der Waals surface area contributed by atoms with Gasteiger partial charge in [-0.1, -0.05) is 6.92 Å². The van der Waals surface area contributed by atoms with Crippen LogP contribution in [0.2, 0.25) is 0 Å². The summed E-state index contributed by atoms with van der Waals surface area (Å²) in [5.74, 6) is 0.795. The molecule has 0 atom stereocenters. The van der Waals surface area contributed by atoms with Crippen LogP contribution in [-0.4, -0.2) is 38.7 Å². The van der Waals surface area contributed by atoms with E-state index in [1.165, 1.54) is 0 Å². The summed E-state index contributed by atoms with van der Waals surface area (Å²) in [6.45, 7) is 7.86. The molecule has 0 aromatic carbocycles. The second-order valence-electron chi connectivity index (χ2n) is 4.28. The standard InChI is InChI=1S/C11H19N3O/c1-4-14(9-11(2,3)15)8-10-12-6-5-7-13-10/h5-7,15H,4,8-9H2,1-3H3. The molecule has 0 bridgehead atoms. The highest BCUT2D eigenvalue weighted by molar-refractivity contribution is 4.89. The van der Waals surface area contributed by atoms with Crippen molar-refractivity contribution in [2.24, 2.45) is 0 Å². The van der Waals surface area contributed by atoms with Gasteiger partial charge in [0.1, 0.15) is 5.82 Å². The van der Waals surface area contributed by atoms with Crippen molar-refractivity contribution >= 4 is 0 Å². The SMILES string of the molecule is CCN(Cc1ncccn1)CC(C)(C)O. The Labute approximate surface area is 91.0 Å². The van der Waals surface area contributed by atoms with Crippen molar-refractivity contribution in [1.82, 2.24) is 14.9 Å².